The molecule has 8 heteroatoms. The first-order chi connectivity index (χ1) is 10.9. The van der Waals surface area contributed by atoms with Crippen LogP contribution < -0.4 is 5.32 Å². The summed E-state index contributed by atoms with van der Waals surface area (Å²) in [5.41, 5.74) is 0.293. The van der Waals surface area contributed by atoms with Crippen molar-refractivity contribution < 1.29 is 13.2 Å². The van der Waals surface area contributed by atoms with Crippen LogP contribution in [-0.2, 0) is 9.84 Å². The normalized spacial score (nSPS) is 12.2. The predicted octanol–water partition coefficient (Wildman–Crippen LogP) is 3.69. The molecule has 0 amide bonds. The summed E-state index contributed by atoms with van der Waals surface area (Å²) in [6.45, 7) is 3.21. The Hall–Kier alpha value is -1.95. The Balaban J connectivity index is 2.29. The average molecular weight is 366 g/mol. The molecular formula is C15H14N2O3S3. The van der Waals surface area contributed by atoms with Gasteiger partial charge in [-0.25, -0.2) is 8.42 Å². The van der Waals surface area contributed by atoms with E-state index in [0.717, 1.165) is 0 Å². The fourth-order valence-electron chi connectivity index (χ4n) is 1.70. The van der Waals surface area contributed by atoms with Gasteiger partial charge in [-0.3, -0.25) is 4.79 Å². The molecule has 120 valence electrons. The van der Waals surface area contributed by atoms with E-state index in [9.17, 15) is 13.2 Å². The minimum absolute atomic E-state index is 0.0773. The summed E-state index contributed by atoms with van der Waals surface area (Å²) in [7, 11) is -3.43. The van der Waals surface area contributed by atoms with E-state index in [4.69, 9.17) is 5.26 Å². The van der Waals surface area contributed by atoms with Crippen molar-refractivity contribution in [2.45, 2.75) is 24.0 Å². The topological polar surface area (TPSA) is 87.0 Å². The standard InChI is InChI=1S/C15H14N2O3S3/c1-10(2)23(19,20)14-9-21-8-12(14)17-7-11(6-16)15(18)13-4-3-5-22-13/h3-5,7-10,17H,1-2H3/b11-7+. The highest BCUT2D eigenvalue weighted by molar-refractivity contribution is 7.92. The van der Waals surface area contributed by atoms with Crippen molar-refractivity contribution in [3.05, 3.63) is 44.9 Å². The molecule has 5 nitrogen and oxygen atoms in total. The zero-order chi connectivity index (χ0) is 17.0. The van der Waals surface area contributed by atoms with Crippen LogP contribution in [0.4, 0.5) is 5.69 Å². The fraction of sp³-hybridized carbons (Fsp3) is 0.200. The molecule has 0 aliphatic heterocycles. The number of hydrogen-bond donors (Lipinski definition) is 1. The number of ketones is 1. The molecule has 0 aliphatic carbocycles. The zero-order valence-corrected chi connectivity index (χ0v) is 14.9. The second kappa shape index (κ2) is 7.08. The van der Waals surface area contributed by atoms with Gasteiger partial charge in [0.2, 0.25) is 5.78 Å². The molecule has 23 heavy (non-hydrogen) atoms. The maximum Gasteiger partial charge on any atom is 0.214 e. The Morgan fingerprint density at radius 2 is 2.13 bits per heavy atom. The van der Waals surface area contributed by atoms with Gasteiger partial charge in [-0.2, -0.15) is 5.26 Å². The van der Waals surface area contributed by atoms with Gasteiger partial charge in [0.05, 0.1) is 15.8 Å². The molecule has 0 saturated heterocycles. The third-order valence-electron chi connectivity index (χ3n) is 3.04. The Morgan fingerprint density at radius 3 is 2.70 bits per heavy atom. The van der Waals surface area contributed by atoms with Gasteiger partial charge in [0.25, 0.3) is 0 Å². The third-order valence-corrected chi connectivity index (χ3v) is 6.99. The Kier molecular flexibility index (Phi) is 5.36. The molecular weight excluding hydrogens is 352 g/mol. The number of rotatable bonds is 6. The lowest BCUT2D eigenvalue weighted by molar-refractivity contribution is 0.104. The van der Waals surface area contributed by atoms with Gasteiger partial charge in [0, 0.05) is 17.0 Å². The maximum absolute atomic E-state index is 12.3. The number of hydrogen-bond acceptors (Lipinski definition) is 7. The molecule has 0 radical (unpaired) electrons. The molecule has 1 N–H and O–H groups in total. The number of carbonyl (C=O) groups excluding carboxylic acids is 1. The van der Waals surface area contributed by atoms with Gasteiger partial charge in [-0.05, 0) is 25.3 Å². The molecule has 0 bridgehead atoms. The molecule has 2 rings (SSSR count). The number of sulfone groups is 1. The molecule has 0 atom stereocenters. The fourth-order valence-corrected chi connectivity index (χ4v) is 4.74. The van der Waals surface area contributed by atoms with Gasteiger partial charge in [0.15, 0.2) is 9.84 Å². The van der Waals surface area contributed by atoms with Crippen molar-refractivity contribution in [3.63, 3.8) is 0 Å². The van der Waals surface area contributed by atoms with Gasteiger partial charge in [-0.15, -0.1) is 22.7 Å². The predicted molar refractivity (Wildman–Crippen MR) is 92.6 cm³/mol. The Bertz CT molecular complexity index is 869. The van der Waals surface area contributed by atoms with E-state index in [-0.39, 0.29) is 10.5 Å². The van der Waals surface area contributed by atoms with Crippen LogP contribution >= 0.6 is 22.7 Å². The van der Waals surface area contributed by atoms with E-state index in [1.165, 1.54) is 28.9 Å². The van der Waals surface area contributed by atoms with Gasteiger partial charge in [-0.1, -0.05) is 6.07 Å². The van der Waals surface area contributed by atoms with Crippen LogP contribution in [-0.4, -0.2) is 19.5 Å². The minimum Gasteiger partial charge on any atom is -0.359 e. The minimum atomic E-state index is -3.43. The van der Waals surface area contributed by atoms with Crippen LogP contribution in [0.25, 0.3) is 0 Å². The summed E-state index contributed by atoms with van der Waals surface area (Å²) in [6.07, 6.45) is 1.25. The smallest absolute Gasteiger partial charge is 0.214 e. The first-order valence-corrected chi connectivity index (χ1v) is 10.00. The van der Waals surface area contributed by atoms with Crippen LogP contribution in [0, 0.1) is 11.3 Å². The molecule has 2 aromatic rings. The van der Waals surface area contributed by atoms with E-state index in [2.05, 4.69) is 5.32 Å². The monoisotopic (exact) mass is 366 g/mol. The molecule has 0 aliphatic rings. The number of allylic oxidation sites excluding steroid dienone is 1. The summed E-state index contributed by atoms with van der Waals surface area (Å²) < 4.78 is 24.5. The second-order valence-corrected chi connectivity index (χ2v) is 9.03. The van der Waals surface area contributed by atoms with Crippen LogP contribution in [0.5, 0.6) is 0 Å². The quantitative estimate of drug-likeness (QED) is 0.478. The van der Waals surface area contributed by atoms with Gasteiger partial charge in [0.1, 0.15) is 16.5 Å². The lowest BCUT2D eigenvalue weighted by Crippen LogP contribution is -2.14. The molecule has 0 unspecified atom stereocenters. The van der Waals surface area contributed by atoms with E-state index >= 15 is 0 Å². The second-order valence-electron chi connectivity index (χ2n) is 4.86. The lowest BCUT2D eigenvalue weighted by Gasteiger charge is -2.08. The lowest BCUT2D eigenvalue weighted by atomic mass is 10.2. The van der Waals surface area contributed by atoms with Gasteiger partial charge < -0.3 is 5.32 Å². The van der Waals surface area contributed by atoms with Crippen molar-refractivity contribution in [2.24, 2.45) is 0 Å². The van der Waals surface area contributed by atoms with E-state index in [1.807, 2.05) is 6.07 Å². The molecule has 2 heterocycles. The number of thiophene rings is 2. The number of nitrogens with zero attached hydrogens (tertiary/aromatic N) is 1. The Morgan fingerprint density at radius 1 is 1.39 bits per heavy atom. The molecule has 0 saturated carbocycles. The van der Waals surface area contributed by atoms with Crippen molar-refractivity contribution in [1.82, 2.24) is 0 Å². The highest BCUT2D eigenvalue weighted by atomic mass is 32.2. The van der Waals surface area contributed by atoms with E-state index in [1.54, 1.807) is 42.1 Å². The molecule has 0 spiro atoms. The van der Waals surface area contributed by atoms with Gasteiger partial charge >= 0.3 is 0 Å². The summed E-state index contributed by atoms with van der Waals surface area (Å²) in [5, 5.41) is 16.3. The summed E-state index contributed by atoms with van der Waals surface area (Å²) in [6, 6.07) is 5.21. The van der Waals surface area contributed by atoms with Crippen LogP contribution in [0.3, 0.4) is 0 Å². The van der Waals surface area contributed by atoms with Crippen LogP contribution in [0.15, 0.2) is 44.9 Å². The summed E-state index contributed by atoms with van der Waals surface area (Å²) in [4.78, 5) is 12.8. The maximum atomic E-state index is 12.3. The van der Waals surface area contributed by atoms with E-state index in [0.29, 0.717) is 10.6 Å². The van der Waals surface area contributed by atoms with Crippen LogP contribution in [0.1, 0.15) is 23.5 Å². The van der Waals surface area contributed by atoms with Crippen LogP contribution in [0.2, 0.25) is 0 Å². The largest absolute Gasteiger partial charge is 0.359 e. The third kappa shape index (κ3) is 3.69. The van der Waals surface area contributed by atoms with Crippen molar-refractivity contribution in [3.8, 4) is 6.07 Å². The number of nitriles is 1. The van der Waals surface area contributed by atoms with Crippen molar-refractivity contribution in [1.29, 1.82) is 5.26 Å². The number of Topliss-reactive ketones (excluding diaryl/α,β-unsaturated/α-hetero) is 1. The average Bonchev–Trinajstić information content (AvgIpc) is 3.19. The first-order valence-electron chi connectivity index (χ1n) is 6.63. The van der Waals surface area contributed by atoms with Crippen molar-refractivity contribution in [2.75, 3.05) is 5.32 Å². The molecule has 0 aromatic carbocycles. The van der Waals surface area contributed by atoms with Crippen molar-refractivity contribution >= 4 is 44.0 Å². The number of anilines is 1. The summed E-state index contributed by atoms with van der Waals surface area (Å²) in [5.74, 6) is -0.390. The number of nitrogens with one attached hydrogen (secondary N) is 1. The SMILES string of the molecule is CC(C)S(=O)(=O)c1cscc1N/C=C(\C#N)C(=O)c1cccs1. The highest BCUT2D eigenvalue weighted by Gasteiger charge is 2.23. The zero-order valence-electron chi connectivity index (χ0n) is 12.4. The molecule has 2 aromatic heterocycles. The molecule has 0 fully saturated rings. The summed E-state index contributed by atoms with van der Waals surface area (Å²) >= 11 is 2.49. The number of carbonyl (C=O) groups is 1. The van der Waals surface area contributed by atoms with E-state index < -0.39 is 20.9 Å². The highest BCUT2D eigenvalue weighted by Crippen LogP contribution is 2.29. The first kappa shape index (κ1) is 17.4. The Labute approximate surface area is 142 Å².